The second-order valence-corrected chi connectivity index (χ2v) is 5.00. The zero-order valence-electron chi connectivity index (χ0n) is 12.1. The van der Waals surface area contributed by atoms with Crippen LogP contribution in [-0.2, 0) is 4.74 Å². The van der Waals surface area contributed by atoms with E-state index in [0.29, 0.717) is 12.2 Å². The maximum absolute atomic E-state index is 12.2. The molecule has 0 unspecified atom stereocenters. The Morgan fingerprint density at radius 2 is 2.10 bits per heavy atom. The maximum Gasteiger partial charge on any atom is 0.341 e. The zero-order valence-corrected chi connectivity index (χ0v) is 12.1. The van der Waals surface area contributed by atoms with Crippen molar-refractivity contribution in [2.24, 2.45) is 0 Å². The molecule has 0 spiro atoms. The molecule has 0 amide bonds. The van der Waals surface area contributed by atoms with Crippen LogP contribution in [0.25, 0.3) is 10.9 Å². The smallest absolute Gasteiger partial charge is 0.341 e. The Bertz CT molecular complexity index is 651. The third-order valence-corrected chi connectivity index (χ3v) is 3.68. The van der Waals surface area contributed by atoms with E-state index in [4.69, 9.17) is 4.74 Å². The van der Waals surface area contributed by atoms with Gasteiger partial charge in [0.2, 0.25) is 0 Å². The Balaban J connectivity index is 2.14. The number of fused-ring (bicyclic) bond motifs is 1. The normalized spacial score (nSPS) is 15.2. The molecule has 1 aromatic heterocycles. The van der Waals surface area contributed by atoms with E-state index in [1.54, 1.807) is 6.20 Å². The summed E-state index contributed by atoms with van der Waals surface area (Å²) in [6.45, 7) is 5.77. The van der Waals surface area contributed by atoms with Crippen molar-refractivity contribution < 1.29 is 9.53 Å². The van der Waals surface area contributed by atoms with Crippen molar-refractivity contribution in [1.29, 1.82) is 0 Å². The van der Waals surface area contributed by atoms with Crippen molar-refractivity contribution in [2.45, 2.75) is 6.92 Å². The molecule has 21 heavy (non-hydrogen) atoms. The van der Waals surface area contributed by atoms with Crippen LogP contribution in [0.3, 0.4) is 0 Å². The van der Waals surface area contributed by atoms with E-state index in [1.807, 2.05) is 31.2 Å². The minimum absolute atomic E-state index is 0.302. The average Bonchev–Trinajstić information content (AvgIpc) is 2.55. The van der Waals surface area contributed by atoms with E-state index >= 15 is 0 Å². The predicted octanol–water partition coefficient (Wildman–Crippen LogP) is 1.82. The minimum Gasteiger partial charge on any atom is -0.462 e. The van der Waals surface area contributed by atoms with Crippen LogP contribution < -0.4 is 10.2 Å². The van der Waals surface area contributed by atoms with E-state index in [1.165, 1.54) is 0 Å². The highest BCUT2D eigenvalue weighted by molar-refractivity contribution is 6.05. The minimum atomic E-state index is -0.302. The molecule has 2 heterocycles. The molecule has 0 aliphatic carbocycles. The van der Waals surface area contributed by atoms with Gasteiger partial charge in [0.1, 0.15) is 5.56 Å². The van der Waals surface area contributed by atoms with Gasteiger partial charge in [0.15, 0.2) is 0 Å². The number of piperazine rings is 1. The number of anilines is 1. The number of nitrogens with zero attached hydrogens (tertiary/aromatic N) is 2. The molecule has 1 saturated heterocycles. The monoisotopic (exact) mass is 285 g/mol. The molecule has 5 nitrogen and oxygen atoms in total. The highest BCUT2D eigenvalue weighted by atomic mass is 16.5. The van der Waals surface area contributed by atoms with Crippen molar-refractivity contribution in [3.05, 3.63) is 36.0 Å². The first kappa shape index (κ1) is 13.8. The van der Waals surface area contributed by atoms with Crippen molar-refractivity contribution >= 4 is 22.6 Å². The number of hydrogen-bond donors (Lipinski definition) is 1. The number of benzene rings is 1. The number of ether oxygens (including phenoxy) is 1. The van der Waals surface area contributed by atoms with E-state index in [9.17, 15) is 4.79 Å². The third kappa shape index (κ3) is 2.69. The number of esters is 1. The Morgan fingerprint density at radius 1 is 1.33 bits per heavy atom. The zero-order chi connectivity index (χ0) is 14.7. The molecule has 1 aliphatic heterocycles. The molecular formula is C16H19N3O2. The first-order valence-corrected chi connectivity index (χ1v) is 7.32. The lowest BCUT2D eigenvalue weighted by molar-refractivity contribution is 0.0527. The van der Waals surface area contributed by atoms with Gasteiger partial charge in [-0.05, 0) is 13.0 Å². The Hall–Kier alpha value is -2.14. The first-order chi connectivity index (χ1) is 10.3. The van der Waals surface area contributed by atoms with Crippen LogP contribution in [-0.4, -0.2) is 43.7 Å². The standard InChI is InChI=1S/C16H19N3O2/c1-2-21-16(20)13-11-18-14-6-4-3-5-12(14)15(13)19-9-7-17-8-10-19/h3-6,11,17H,2,7-10H2,1H3. The number of carbonyl (C=O) groups excluding carboxylic acids is 1. The molecule has 3 rings (SSSR count). The average molecular weight is 285 g/mol. The lowest BCUT2D eigenvalue weighted by atomic mass is 10.1. The predicted molar refractivity (Wildman–Crippen MR) is 82.8 cm³/mol. The Morgan fingerprint density at radius 3 is 2.86 bits per heavy atom. The summed E-state index contributed by atoms with van der Waals surface area (Å²) in [5.41, 5.74) is 2.40. The van der Waals surface area contributed by atoms with E-state index < -0.39 is 0 Å². The van der Waals surface area contributed by atoms with Gasteiger partial charge < -0.3 is 15.0 Å². The maximum atomic E-state index is 12.2. The lowest BCUT2D eigenvalue weighted by Gasteiger charge is -2.31. The van der Waals surface area contributed by atoms with Crippen LogP contribution in [0.2, 0.25) is 0 Å². The fourth-order valence-corrected chi connectivity index (χ4v) is 2.71. The van der Waals surface area contributed by atoms with Gasteiger partial charge in [-0.2, -0.15) is 0 Å². The molecule has 0 radical (unpaired) electrons. The molecule has 1 fully saturated rings. The molecule has 2 aromatic rings. The van der Waals surface area contributed by atoms with Gasteiger partial charge in [-0.3, -0.25) is 4.98 Å². The highest BCUT2D eigenvalue weighted by Gasteiger charge is 2.22. The number of aromatic nitrogens is 1. The van der Waals surface area contributed by atoms with Crippen LogP contribution in [0.15, 0.2) is 30.5 Å². The summed E-state index contributed by atoms with van der Waals surface area (Å²) in [6.07, 6.45) is 1.64. The first-order valence-electron chi connectivity index (χ1n) is 7.32. The summed E-state index contributed by atoms with van der Waals surface area (Å²) in [5, 5.41) is 4.34. The van der Waals surface area contributed by atoms with E-state index in [0.717, 1.165) is 42.8 Å². The van der Waals surface area contributed by atoms with Gasteiger partial charge in [0.05, 0.1) is 17.8 Å². The third-order valence-electron chi connectivity index (χ3n) is 3.68. The quantitative estimate of drug-likeness (QED) is 0.872. The largest absolute Gasteiger partial charge is 0.462 e. The lowest BCUT2D eigenvalue weighted by Crippen LogP contribution is -2.44. The van der Waals surface area contributed by atoms with Crippen molar-refractivity contribution in [3.63, 3.8) is 0 Å². The van der Waals surface area contributed by atoms with Gasteiger partial charge in [0.25, 0.3) is 0 Å². The van der Waals surface area contributed by atoms with Gasteiger partial charge in [0, 0.05) is 37.8 Å². The second-order valence-electron chi connectivity index (χ2n) is 5.00. The fourth-order valence-electron chi connectivity index (χ4n) is 2.71. The SMILES string of the molecule is CCOC(=O)c1cnc2ccccc2c1N1CCNCC1. The van der Waals surface area contributed by atoms with Crippen LogP contribution in [0.5, 0.6) is 0 Å². The Labute approximate surface area is 123 Å². The van der Waals surface area contributed by atoms with Gasteiger partial charge >= 0.3 is 5.97 Å². The summed E-state index contributed by atoms with van der Waals surface area (Å²) in [5.74, 6) is -0.302. The van der Waals surface area contributed by atoms with Crippen molar-refractivity contribution in [1.82, 2.24) is 10.3 Å². The number of carbonyl (C=O) groups is 1. The molecular weight excluding hydrogens is 266 g/mol. The molecule has 0 bridgehead atoms. The summed E-state index contributed by atoms with van der Waals surface area (Å²) in [6, 6.07) is 7.92. The number of pyridine rings is 1. The molecule has 5 heteroatoms. The van der Waals surface area contributed by atoms with E-state index in [-0.39, 0.29) is 5.97 Å². The molecule has 0 saturated carbocycles. The number of hydrogen-bond acceptors (Lipinski definition) is 5. The molecule has 1 aliphatic rings. The van der Waals surface area contributed by atoms with Gasteiger partial charge in [-0.15, -0.1) is 0 Å². The van der Waals surface area contributed by atoms with Crippen molar-refractivity contribution in [3.8, 4) is 0 Å². The fraction of sp³-hybridized carbons (Fsp3) is 0.375. The summed E-state index contributed by atoms with van der Waals surface area (Å²) in [4.78, 5) is 18.9. The van der Waals surface area contributed by atoms with Gasteiger partial charge in [-0.25, -0.2) is 4.79 Å². The summed E-state index contributed by atoms with van der Waals surface area (Å²) in [7, 11) is 0. The topological polar surface area (TPSA) is 54.5 Å². The second kappa shape index (κ2) is 6.10. The summed E-state index contributed by atoms with van der Waals surface area (Å²) < 4.78 is 5.19. The molecule has 0 atom stereocenters. The molecule has 110 valence electrons. The highest BCUT2D eigenvalue weighted by Crippen LogP contribution is 2.30. The van der Waals surface area contributed by atoms with Crippen LogP contribution in [0, 0.1) is 0 Å². The Kier molecular flexibility index (Phi) is 4.01. The molecule has 1 aromatic carbocycles. The van der Waals surface area contributed by atoms with E-state index in [2.05, 4.69) is 15.2 Å². The van der Waals surface area contributed by atoms with Crippen LogP contribution in [0.1, 0.15) is 17.3 Å². The number of para-hydroxylation sites is 1. The molecule has 1 N–H and O–H groups in total. The van der Waals surface area contributed by atoms with Crippen molar-refractivity contribution in [2.75, 3.05) is 37.7 Å². The number of nitrogens with one attached hydrogen (secondary N) is 1. The number of rotatable bonds is 3. The van der Waals surface area contributed by atoms with Crippen LogP contribution >= 0.6 is 0 Å². The van der Waals surface area contributed by atoms with Gasteiger partial charge in [-0.1, -0.05) is 18.2 Å². The van der Waals surface area contributed by atoms with Crippen LogP contribution in [0.4, 0.5) is 5.69 Å². The summed E-state index contributed by atoms with van der Waals surface area (Å²) >= 11 is 0.